The molecule has 0 bridgehead atoms. The van der Waals surface area contributed by atoms with Crippen LogP contribution in [-0.2, 0) is 37.8 Å². The minimum Gasteiger partial charge on any atom is -0.426 e. The van der Waals surface area contributed by atoms with Gasteiger partial charge in [0.25, 0.3) is 5.56 Å². The number of oxime groups is 1. The van der Waals surface area contributed by atoms with E-state index in [2.05, 4.69) is 5.16 Å². The van der Waals surface area contributed by atoms with Crippen molar-refractivity contribution in [2.75, 3.05) is 6.61 Å². The average molecular weight is 646 g/mol. The molecule has 11 nitrogen and oxygen atoms in total. The van der Waals surface area contributed by atoms with Crippen molar-refractivity contribution in [3.8, 4) is 17.1 Å². The first-order chi connectivity index (χ1) is 22.4. The monoisotopic (exact) mass is 645 g/mol. The van der Waals surface area contributed by atoms with Gasteiger partial charge in [-0.15, -0.1) is 0 Å². The summed E-state index contributed by atoms with van der Waals surface area (Å²) in [7, 11) is 0. The van der Waals surface area contributed by atoms with E-state index in [4.69, 9.17) is 19.7 Å². The van der Waals surface area contributed by atoms with Crippen LogP contribution in [0.1, 0.15) is 108 Å². The summed E-state index contributed by atoms with van der Waals surface area (Å²) >= 11 is 0. The van der Waals surface area contributed by atoms with Crippen LogP contribution in [0.5, 0.6) is 5.75 Å². The number of fused-ring (bicyclic) bond motifs is 5. The highest BCUT2D eigenvalue weighted by molar-refractivity contribution is 6.03. The highest BCUT2D eigenvalue weighted by Crippen LogP contribution is 2.40. The number of carbonyl (C=O) groups is 3. The third-order valence-electron chi connectivity index (χ3n) is 8.82. The summed E-state index contributed by atoms with van der Waals surface area (Å²) in [6.45, 7) is 7.20. The zero-order valence-electron chi connectivity index (χ0n) is 27.6. The number of hydrogen-bond donors (Lipinski definition) is 2. The van der Waals surface area contributed by atoms with Crippen molar-refractivity contribution in [2.24, 2.45) is 5.16 Å². The second kappa shape index (κ2) is 13.9. The van der Waals surface area contributed by atoms with E-state index in [1.54, 1.807) is 29.7 Å². The van der Waals surface area contributed by atoms with Crippen molar-refractivity contribution in [1.82, 2.24) is 9.55 Å². The summed E-state index contributed by atoms with van der Waals surface area (Å²) in [6, 6.07) is 7.07. The number of hydrogen-bond acceptors (Lipinski definition) is 10. The molecular weight excluding hydrogens is 602 g/mol. The van der Waals surface area contributed by atoms with Crippen molar-refractivity contribution in [2.45, 2.75) is 110 Å². The summed E-state index contributed by atoms with van der Waals surface area (Å²) < 4.78 is 7.46. The van der Waals surface area contributed by atoms with E-state index < -0.39 is 17.8 Å². The summed E-state index contributed by atoms with van der Waals surface area (Å²) in [6.07, 6.45) is 6.60. The number of Topliss-reactive ketones (excluding diaryl/α,β-unsaturated/α-hetero) is 2. The van der Waals surface area contributed by atoms with Crippen LogP contribution in [0.4, 0.5) is 0 Å². The third-order valence-corrected chi connectivity index (χ3v) is 8.82. The van der Waals surface area contributed by atoms with Gasteiger partial charge in [0.1, 0.15) is 23.6 Å². The Morgan fingerprint density at radius 1 is 1.06 bits per heavy atom. The lowest BCUT2D eigenvalue weighted by molar-refractivity contribution is -0.140. The molecule has 1 atom stereocenters. The first-order valence-corrected chi connectivity index (χ1v) is 16.4. The Bertz CT molecular complexity index is 1800. The molecule has 3 heterocycles. The third kappa shape index (κ3) is 7.21. The number of aliphatic hydroxyl groups excluding tert-OH is 1. The first kappa shape index (κ1) is 34.1. The van der Waals surface area contributed by atoms with Crippen LogP contribution in [0.25, 0.3) is 22.3 Å². The quantitative estimate of drug-likeness (QED) is 0.0680. The molecule has 1 aromatic carbocycles. The molecule has 0 amide bonds. The van der Waals surface area contributed by atoms with E-state index in [1.165, 1.54) is 6.21 Å². The van der Waals surface area contributed by atoms with E-state index in [9.17, 15) is 24.3 Å². The van der Waals surface area contributed by atoms with E-state index in [0.717, 1.165) is 31.2 Å². The maximum Gasteiger partial charge on any atom is 0.311 e. The largest absolute Gasteiger partial charge is 0.426 e. The average Bonchev–Trinajstić information content (AvgIpc) is 3.39. The van der Waals surface area contributed by atoms with Crippen LogP contribution in [0.15, 0.2) is 34.2 Å². The van der Waals surface area contributed by atoms with E-state index in [0.29, 0.717) is 57.6 Å². The summed E-state index contributed by atoms with van der Waals surface area (Å²) in [4.78, 5) is 61.0. The number of rotatable bonds is 13. The molecule has 5 rings (SSSR count). The molecule has 1 aliphatic carbocycles. The molecule has 1 aliphatic heterocycles. The van der Waals surface area contributed by atoms with Crippen LogP contribution >= 0.6 is 0 Å². The fraction of sp³-hybridized carbons (Fsp3) is 0.500. The van der Waals surface area contributed by atoms with Gasteiger partial charge in [-0.25, -0.2) is 4.98 Å². The number of pyridine rings is 2. The zero-order chi connectivity index (χ0) is 33.9. The number of nitrogens with zero attached hydrogens (tertiary/aromatic N) is 3. The van der Waals surface area contributed by atoms with Crippen LogP contribution in [0.3, 0.4) is 0 Å². The topological polar surface area (TPSA) is 157 Å². The zero-order valence-corrected chi connectivity index (χ0v) is 27.6. The van der Waals surface area contributed by atoms with E-state index in [1.807, 2.05) is 26.8 Å². The highest BCUT2D eigenvalue weighted by atomic mass is 16.6. The first-order valence-electron chi connectivity index (χ1n) is 16.4. The number of aromatic nitrogens is 2. The molecule has 0 saturated heterocycles. The van der Waals surface area contributed by atoms with Crippen molar-refractivity contribution < 1.29 is 34.2 Å². The predicted octanol–water partition coefficient (Wildman–Crippen LogP) is 4.88. The van der Waals surface area contributed by atoms with Gasteiger partial charge in [0.05, 0.1) is 29.7 Å². The van der Waals surface area contributed by atoms with Crippen LogP contribution in [0, 0.1) is 0 Å². The smallest absolute Gasteiger partial charge is 0.311 e. The Morgan fingerprint density at radius 3 is 2.49 bits per heavy atom. The second-order valence-electron chi connectivity index (χ2n) is 13.4. The van der Waals surface area contributed by atoms with E-state index >= 15 is 0 Å². The van der Waals surface area contributed by atoms with Crippen LogP contribution < -0.4 is 10.3 Å². The lowest BCUT2D eigenvalue weighted by Gasteiger charge is -2.32. The van der Waals surface area contributed by atoms with Crippen molar-refractivity contribution in [1.29, 1.82) is 0 Å². The van der Waals surface area contributed by atoms with Gasteiger partial charge in [-0.1, -0.05) is 31.3 Å². The lowest BCUT2D eigenvalue weighted by atomic mass is 9.77. The van der Waals surface area contributed by atoms with Gasteiger partial charge in [0, 0.05) is 46.9 Å². The SMILES string of the molecule is CC[C@@]1(O)C(=O)CCc2c1cc1n(c2=O)Cc2cc3c(/C=N\OC(C)(C)C)c(OC(=O)CCCCCCCC(=O)CO)ccc3nc2-1. The fourth-order valence-electron chi connectivity index (χ4n) is 6.27. The molecule has 2 aliphatic rings. The standard InChI is InChI=1S/C36H43N3O8/c1-5-36(45)27-18-29-33-22(20-39(29)34(44)24(27)13-16-31(36)42)17-25-26(19-37-47-35(2,3)4)30(15-14-28(25)38-33)46-32(43)12-10-8-6-7-9-11-23(41)21-40/h14-15,17-19,40,45H,5-13,16,20-21H2,1-4H3/b37-19-/t36-/m0/s1. The maximum absolute atomic E-state index is 13.6. The number of aliphatic hydroxyl groups is 2. The normalized spacial score (nSPS) is 17.1. The molecule has 0 saturated carbocycles. The molecule has 3 aromatic rings. The molecule has 2 aromatic heterocycles. The number of ketones is 2. The minimum absolute atomic E-state index is 0.120. The Kier molecular flexibility index (Phi) is 10.1. The molecule has 0 unspecified atom stereocenters. The van der Waals surface area contributed by atoms with Crippen molar-refractivity contribution >= 4 is 34.7 Å². The molecule has 11 heteroatoms. The summed E-state index contributed by atoms with van der Waals surface area (Å²) in [5, 5.41) is 25.0. The molecule has 0 fully saturated rings. The number of carbonyl (C=O) groups excluding carboxylic acids is 3. The Balaban J connectivity index is 1.43. The summed E-state index contributed by atoms with van der Waals surface area (Å²) in [5.41, 5.74) is 1.37. The molecule has 47 heavy (non-hydrogen) atoms. The molecular formula is C36H43N3O8. The molecule has 0 spiro atoms. The van der Waals surface area contributed by atoms with Gasteiger partial charge in [0.2, 0.25) is 0 Å². The maximum atomic E-state index is 13.6. The minimum atomic E-state index is -1.70. The second-order valence-corrected chi connectivity index (χ2v) is 13.4. The lowest BCUT2D eigenvalue weighted by Crippen LogP contribution is -2.43. The Morgan fingerprint density at radius 2 is 1.79 bits per heavy atom. The van der Waals surface area contributed by atoms with Gasteiger partial charge in [-0.2, -0.15) is 0 Å². The fourth-order valence-corrected chi connectivity index (χ4v) is 6.27. The van der Waals surface area contributed by atoms with Crippen LogP contribution in [0.2, 0.25) is 0 Å². The molecule has 2 N–H and O–H groups in total. The number of benzene rings is 1. The van der Waals surface area contributed by atoms with Gasteiger partial charge >= 0.3 is 5.97 Å². The van der Waals surface area contributed by atoms with Gasteiger partial charge in [0.15, 0.2) is 11.6 Å². The number of esters is 1. The highest BCUT2D eigenvalue weighted by Gasteiger charge is 2.43. The van der Waals surface area contributed by atoms with Gasteiger partial charge in [-0.3, -0.25) is 19.2 Å². The van der Waals surface area contributed by atoms with Crippen molar-refractivity contribution in [3.05, 3.63) is 56.9 Å². The van der Waals surface area contributed by atoms with Crippen LogP contribution in [-0.4, -0.2) is 55.7 Å². The van der Waals surface area contributed by atoms with Gasteiger partial charge in [-0.05, 0) is 70.7 Å². The predicted molar refractivity (Wildman–Crippen MR) is 177 cm³/mol. The number of ether oxygens (including phenoxy) is 1. The summed E-state index contributed by atoms with van der Waals surface area (Å²) in [5.74, 6) is -0.515. The Labute approximate surface area is 273 Å². The molecule has 0 radical (unpaired) electrons. The van der Waals surface area contributed by atoms with E-state index in [-0.39, 0.29) is 55.3 Å². The van der Waals surface area contributed by atoms with Gasteiger partial charge < -0.3 is 24.4 Å². The number of unbranched alkanes of at least 4 members (excludes halogenated alkanes) is 4. The van der Waals surface area contributed by atoms with Crippen molar-refractivity contribution in [3.63, 3.8) is 0 Å². The Hall–Kier alpha value is -4.22. The molecule has 250 valence electrons.